The maximum Gasteiger partial charge on any atom is 0.0766 e. The molecule has 1 aliphatic carbocycles. The molecule has 0 saturated heterocycles. The van der Waals surface area contributed by atoms with Crippen LogP contribution in [0.4, 0.5) is 0 Å². The van der Waals surface area contributed by atoms with Crippen LogP contribution in [0.1, 0.15) is 25.0 Å². The second-order valence-corrected chi connectivity index (χ2v) is 5.26. The van der Waals surface area contributed by atoms with E-state index in [4.69, 9.17) is 4.42 Å². The van der Waals surface area contributed by atoms with Crippen LogP contribution in [-0.4, -0.2) is 4.98 Å². The standard InChI is InChI=1S/C16H12NO.Ir/c1-16(2)12-4-3-8-17-15(12)11-5-6-13-10(14(11)16)7-9-18-13;/h3-4,6-9H,1-2H3;/q-1;. The summed E-state index contributed by atoms with van der Waals surface area (Å²) in [5.41, 5.74) is 5.57. The fourth-order valence-electron chi connectivity index (χ4n) is 3.06. The fraction of sp³-hybridized carbons (Fsp3) is 0.188. The summed E-state index contributed by atoms with van der Waals surface area (Å²) in [6, 6.07) is 11.4. The first-order valence-electron chi connectivity index (χ1n) is 6.08. The number of nitrogens with zero attached hydrogens (tertiary/aromatic N) is 1. The Bertz CT molecular complexity index is 773. The maximum absolute atomic E-state index is 5.48. The van der Waals surface area contributed by atoms with Gasteiger partial charge in [0.2, 0.25) is 0 Å². The monoisotopic (exact) mass is 427 g/mol. The number of aromatic nitrogens is 1. The molecule has 0 fully saturated rings. The van der Waals surface area contributed by atoms with E-state index in [-0.39, 0.29) is 25.5 Å². The van der Waals surface area contributed by atoms with Gasteiger partial charge in [0, 0.05) is 26.3 Å². The van der Waals surface area contributed by atoms with E-state index in [2.05, 4.69) is 31.0 Å². The molecule has 0 unspecified atom stereocenters. The molecule has 0 bridgehead atoms. The molecule has 3 heteroatoms. The molecule has 0 aliphatic heterocycles. The van der Waals surface area contributed by atoms with Crippen LogP contribution in [0.25, 0.3) is 22.2 Å². The van der Waals surface area contributed by atoms with Crippen molar-refractivity contribution >= 4 is 11.0 Å². The maximum atomic E-state index is 5.48. The second kappa shape index (κ2) is 4.03. The molecule has 4 rings (SSSR count). The van der Waals surface area contributed by atoms with Crippen molar-refractivity contribution in [3.63, 3.8) is 0 Å². The average molecular weight is 426 g/mol. The molecular weight excluding hydrogens is 414 g/mol. The van der Waals surface area contributed by atoms with Crippen LogP contribution in [0, 0.1) is 6.07 Å². The molecule has 0 saturated carbocycles. The summed E-state index contributed by atoms with van der Waals surface area (Å²) in [4.78, 5) is 4.53. The Morgan fingerprint density at radius 1 is 1.26 bits per heavy atom. The molecule has 2 nitrogen and oxygen atoms in total. The molecule has 2 heterocycles. The zero-order chi connectivity index (χ0) is 12.3. The van der Waals surface area contributed by atoms with Gasteiger partial charge in [-0.2, -0.15) is 0 Å². The van der Waals surface area contributed by atoms with E-state index in [1.54, 1.807) is 6.26 Å². The third kappa shape index (κ3) is 1.49. The van der Waals surface area contributed by atoms with Crippen molar-refractivity contribution in [2.75, 3.05) is 0 Å². The van der Waals surface area contributed by atoms with Gasteiger partial charge in [-0.1, -0.05) is 30.9 Å². The predicted octanol–water partition coefficient (Wildman–Crippen LogP) is 3.93. The summed E-state index contributed by atoms with van der Waals surface area (Å²) in [7, 11) is 0. The van der Waals surface area contributed by atoms with E-state index in [9.17, 15) is 0 Å². The van der Waals surface area contributed by atoms with E-state index in [0.29, 0.717) is 0 Å². The fourth-order valence-corrected chi connectivity index (χ4v) is 3.06. The first kappa shape index (κ1) is 12.6. The zero-order valence-electron chi connectivity index (χ0n) is 10.7. The van der Waals surface area contributed by atoms with Gasteiger partial charge in [-0.3, -0.25) is 0 Å². The third-order valence-corrected chi connectivity index (χ3v) is 3.90. The van der Waals surface area contributed by atoms with Gasteiger partial charge in [-0.05, 0) is 23.2 Å². The number of hydrogen-bond acceptors (Lipinski definition) is 2. The Hall–Kier alpha value is -1.44. The van der Waals surface area contributed by atoms with Gasteiger partial charge >= 0.3 is 0 Å². The zero-order valence-corrected chi connectivity index (χ0v) is 13.0. The van der Waals surface area contributed by atoms with Gasteiger partial charge in [0.1, 0.15) is 0 Å². The molecule has 2 aromatic heterocycles. The first-order chi connectivity index (χ1) is 8.69. The summed E-state index contributed by atoms with van der Waals surface area (Å²) in [5.74, 6) is 0. The summed E-state index contributed by atoms with van der Waals surface area (Å²) in [6.45, 7) is 4.47. The molecule has 1 aromatic carbocycles. The summed E-state index contributed by atoms with van der Waals surface area (Å²) >= 11 is 0. The molecule has 19 heavy (non-hydrogen) atoms. The normalized spacial score (nSPS) is 14.8. The average Bonchev–Trinajstić information content (AvgIpc) is 2.92. The van der Waals surface area contributed by atoms with Gasteiger partial charge in [0.05, 0.1) is 11.8 Å². The Labute approximate surface area is 125 Å². The van der Waals surface area contributed by atoms with Crippen LogP contribution in [-0.2, 0) is 25.5 Å². The van der Waals surface area contributed by atoms with Crippen LogP contribution in [0.3, 0.4) is 0 Å². The van der Waals surface area contributed by atoms with E-state index in [1.165, 1.54) is 16.5 Å². The molecular formula is C16H12IrNO-. The van der Waals surface area contributed by atoms with Crippen molar-refractivity contribution in [2.24, 2.45) is 0 Å². The Balaban J connectivity index is 0.00000110. The molecule has 97 valence electrons. The van der Waals surface area contributed by atoms with Crippen LogP contribution < -0.4 is 0 Å². The Kier molecular flexibility index (Phi) is 2.67. The number of furan rings is 1. The summed E-state index contributed by atoms with van der Waals surface area (Å²) < 4.78 is 5.48. The third-order valence-electron chi connectivity index (χ3n) is 3.90. The molecule has 0 atom stereocenters. The SMILES string of the molecule is CC1(C)c2cccnc2-c2[c-]cc3occc3c21.[Ir]. The minimum absolute atomic E-state index is 0. The smallest absolute Gasteiger partial charge is 0.0766 e. The van der Waals surface area contributed by atoms with Crippen molar-refractivity contribution in [1.29, 1.82) is 0 Å². The molecule has 1 radical (unpaired) electrons. The van der Waals surface area contributed by atoms with Gasteiger partial charge in [0.25, 0.3) is 0 Å². The molecule has 1 aliphatic rings. The van der Waals surface area contributed by atoms with Gasteiger partial charge in [-0.25, -0.2) is 0 Å². The number of fused-ring (bicyclic) bond motifs is 5. The topological polar surface area (TPSA) is 26.0 Å². The predicted molar refractivity (Wildman–Crippen MR) is 70.4 cm³/mol. The van der Waals surface area contributed by atoms with Crippen molar-refractivity contribution in [3.05, 3.63) is 53.9 Å². The first-order valence-corrected chi connectivity index (χ1v) is 6.08. The molecule has 0 N–H and O–H groups in total. The minimum atomic E-state index is -0.0428. The van der Waals surface area contributed by atoms with Crippen molar-refractivity contribution in [3.8, 4) is 11.3 Å². The number of rotatable bonds is 0. The van der Waals surface area contributed by atoms with E-state index < -0.39 is 0 Å². The summed E-state index contributed by atoms with van der Waals surface area (Å²) in [5, 5.41) is 1.17. The van der Waals surface area contributed by atoms with Gasteiger partial charge < -0.3 is 9.40 Å². The quantitative estimate of drug-likeness (QED) is 0.509. The van der Waals surface area contributed by atoms with Crippen molar-refractivity contribution in [2.45, 2.75) is 19.3 Å². The minimum Gasteiger partial charge on any atom is -0.508 e. The van der Waals surface area contributed by atoms with Crippen molar-refractivity contribution < 1.29 is 24.5 Å². The van der Waals surface area contributed by atoms with Crippen LogP contribution >= 0.6 is 0 Å². The van der Waals surface area contributed by atoms with Gasteiger partial charge in [-0.15, -0.1) is 23.3 Å². The number of hydrogen-bond donors (Lipinski definition) is 0. The molecule has 3 aromatic rings. The van der Waals surface area contributed by atoms with E-state index in [0.717, 1.165) is 16.8 Å². The van der Waals surface area contributed by atoms with Crippen LogP contribution in [0.15, 0.2) is 41.1 Å². The summed E-state index contributed by atoms with van der Waals surface area (Å²) in [6.07, 6.45) is 3.59. The number of pyridine rings is 1. The van der Waals surface area contributed by atoms with Gasteiger partial charge in [0.15, 0.2) is 0 Å². The van der Waals surface area contributed by atoms with E-state index in [1.807, 2.05) is 24.4 Å². The Morgan fingerprint density at radius 2 is 2.11 bits per heavy atom. The van der Waals surface area contributed by atoms with E-state index >= 15 is 0 Å². The largest absolute Gasteiger partial charge is 0.508 e. The van der Waals surface area contributed by atoms with Crippen LogP contribution in [0.2, 0.25) is 0 Å². The molecule has 0 amide bonds. The van der Waals surface area contributed by atoms with Crippen LogP contribution in [0.5, 0.6) is 0 Å². The Morgan fingerprint density at radius 3 is 2.95 bits per heavy atom. The molecule has 0 spiro atoms. The second-order valence-electron chi connectivity index (χ2n) is 5.26. The van der Waals surface area contributed by atoms with Crippen molar-refractivity contribution in [1.82, 2.24) is 4.98 Å². The number of benzene rings is 1.